The molecule has 7 heteroatoms. The number of benzene rings is 2. The third-order valence-corrected chi connectivity index (χ3v) is 12.3. The second-order valence-electron chi connectivity index (χ2n) is 8.96. The van der Waals surface area contributed by atoms with Crippen molar-refractivity contribution in [3.63, 3.8) is 0 Å². The van der Waals surface area contributed by atoms with Gasteiger partial charge in [-0.05, 0) is 67.5 Å². The van der Waals surface area contributed by atoms with Gasteiger partial charge in [-0.2, -0.15) is 0 Å². The fourth-order valence-electron chi connectivity index (χ4n) is 4.38. The van der Waals surface area contributed by atoms with Gasteiger partial charge in [-0.1, -0.05) is 23.5 Å². The molecule has 0 saturated heterocycles. The Morgan fingerprint density at radius 3 is 1.16 bits per heavy atom. The Kier molecular flexibility index (Phi) is 13.1. The van der Waals surface area contributed by atoms with Gasteiger partial charge >= 0.3 is 0 Å². The van der Waals surface area contributed by atoms with E-state index in [1.807, 2.05) is 0 Å². The normalized spacial score (nSPS) is 11.5. The van der Waals surface area contributed by atoms with Crippen LogP contribution in [0.5, 0.6) is 0 Å². The van der Waals surface area contributed by atoms with Crippen molar-refractivity contribution in [3.8, 4) is 0 Å². The van der Waals surface area contributed by atoms with Gasteiger partial charge in [-0.25, -0.2) is 8.78 Å². The molecule has 0 fully saturated rings. The summed E-state index contributed by atoms with van der Waals surface area (Å²) in [6.07, 6.45) is 0. The molecule has 0 aliphatic rings. The van der Waals surface area contributed by atoms with Crippen LogP contribution in [0.3, 0.4) is 0 Å². The van der Waals surface area contributed by atoms with Gasteiger partial charge in [0.2, 0.25) is 0 Å². The molecule has 2 nitrogen and oxygen atoms in total. The van der Waals surface area contributed by atoms with Gasteiger partial charge in [0.15, 0.2) is 0 Å². The van der Waals surface area contributed by atoms with E-state index in [9.17, 15) is 8.78 Å². The minimum atomic E-state index is -1.000. The van der Waals surface area contributed by atoms with Crippen LogP contribution < -0.4 is 10.6 Å². The minimum Gasteiger partial charge on any atom is -0.651 e. The van der Waals surface area contributed by atoms with Crippen LogP contribution in [0.2, 0.25) is 0 Å². The molecule has 2 N–H and O–H groups in total. The number of hydrogen-bond donors (Lipinski definition) is 0. The SMILES string of the molecule is CC(C)[PH+](c1cc(F)ccc1[N-]c1ccc(F)cc1[PH+](C(C)C)C(C)C)C(C)C.O.[Pd]. The van der Waals surface area contributed by atoms with Gasteiger partial charge in [0.1, 0.15) is 11.6 Å². The molecule has 0 radical (unpaired) electrons. The Bertz CT molecular complexity index is 748. The van der Waals surface area contributed by atoms with E-state index in [-0.39, 0.29) is 37.5 Å². The van der Waals surface area contributed by atoms with Crippen molar-refractivity contribution in [3.05, 3.63) is 53.3 Å². The molecule has 2 aromatic rings. The largest absolute Gasteiger partial charge is 0.651 e. The van der Waals surface area contributed by atoms with Gasteiger partial charge in [-0.15, -0.1) is 0 Å². The van der Waals surface area contributed by atoms with E-state index in [1.54, 1.807) is 24.3 Å². The topological polar surface area (TPSA) is 45.6 Å². The van der Waals surface area contributed by atoms with Crippen molar-refractivity contribution < 1.29 is 34.7 Å². The minimum absolute atomic E-state index is 0. The summed E-state index contributed by atoms with van der Waals surface area (Å²) in [5, 5.41) is 7.09. The molecular weight excluding hydrogens is 525 g/mol. The molecule has 31 heavy (non-hydrogen) atoms. The van der Waals surface area contributed by atoms with Crippen LogP contribution >= 0.6 is 15.8 Å². The summed E-state index contributed by atoms with van der Waals surface area (Å²) < 4.78 is 28.4. The molecule has 0 aromatic heterocycles. The van der Waals surface area contributed by atoms with Crippen LogP contribution in [0, 0.1) is 11.6 Å². The number of halogens is 2. The molecule has 0 unspecified atom stereocenters. The van der Waals surface area contributed by atoms with Gasteiger partial charge in [0.25, 0.3) is 0 Å². The predicted octanol–water partition coefficient (Wildman–Crippen LogP) is 6.79. The van der Waals surface area contributed by atoms with Crippen molar-refractivity contribution in [1.82, 2.24) is 0 Å². The van der Waals surface area contributed by atoms with Gasteiger partial charge < -0.3 is 10.8 Å². The van der Waals surface area contributed by atoms with Crippen LogP contribution in [-0.4, -0.2) is 28.1 Å². The Labute approximate surface area is 203 Å². The Balaban J connectivity index is 0.00000450. The molecule has 0 atom stereocenters. The van der Waals surface area contributed by atoms with Crippen LogP contribution in [0.25, 0.3) is 5.32 Å². The van der Waals surface area contributed by atoms with Crippen molar-refractivity contribution in [2.75, 3.05) is 0 Å². The van der Waals surface area contributed by atoms with Gasteiger partial charge in [-0.3, -0.25) is 0 Å². The van der Waals surface area contributed by atoms with Crippen molar-refractivity contribution in [2.24, 2.45) is 0 Å². The van der Waals surface area contributed by atoms with E-state index < -0.39 is 15.8 Å². The monoisotopic (exact) mass is 562 g/mol. The molecule has 2 rings (SSSR count). The summed E-state index contributed by atoms with van der Waals surface area (Å²) in [6, 6.07) is 9.92. The zero-order valence-electron chi connectivity index (χ0n) is 19.8. The molecule has 0 heterocycles. The third kappa shape index (κ3) is 7.84. The molecular formula is C24H38F2NOP2Pd+. The zero-order valence-corrected chi connectivity index (χ0v) is 23.3. The standard InChI is InChI=1S/C24H34F2NP2.H2O.Pd/c1-15(2)28(16(3)4)23-13-19(25)9-11-21(23)27-22-12-10-20(26)14-24(22)29(17(5)6)18(7)8;;/h9-18H,1-8H3;1H2;/q-1;;/p+2. The molecule has 0 saturated carbocycles. The van der Waals surface area contributed by atoms with E-state index in [2.05, 4.69) is 55.4 Å². The van der Waals surface area contributed by atoms with E-state index in [1.165, 1.54) is 12.1 Å². The Morgan fingerprint density at radius 1 is 0.613 bits per heavy atom. The molecule has 0 amide bonds. The van der Waals surface area contributed by atoms with Gasteiger partial charge in [0.05, 0.1) is 33.2 Å². The second kappa shape index (κ2) is 13.3. The molecule has 2 aromatic carbocycles. The predicted molar refractivity (Wildman–Crippen MR) is 136 cm³/mol. The van der Waals surface area contributed by atoms with Crippen LogP contribution in [0.4, 0.5) is 20.2 Å². The molecule has 0 aliphatic heterocycles. The summed E-state index contributed by atoms with van der Waals surface area (Å²) in [5.74, 6) is -0.424. The van der Waals surface area contributed by atoms with Crippen molar-refractivity contribution in [2.45, 2.75) is 78.0 Å². The maximum atomic E-state index is 14.2. The number of rotatable bonds is 8. The molecule has 178 valence electrons. The fraction of sp³-hybridized carbons (Fsp3) is 0.500. The quantitative estimate of drug-likeness (QED) is 0.251. The van der Waals surface area contributed by atoms with E-state index >= 15 is 0 Å². The van der Waals surface area contributed by atoms with Crippen LogP contribution in [0.1, 0.15) is 55.4 Å². The maximum Gasteiger partial charge on any atom is 0.127 e. The van der Waals surface area contributed by atoms with Crippen LogP contribution in [-0.2, 0) is 20.4 Å². The first-order valence-corrected chi connectivity index (χ1v) is 13.9. The second-order valence-corrected chi connectivity index (χ2v) is 16.5. The van der Waals surface area contributed by atoms with E-state index in [0.717, 1.165) is 22.0 Å². The average molecular weight is 563 g/mol. The summed E-state index contributed by atoms with van der Waals surface area (Å²) in [4.78, 5) is 0. The van der Waals surface area contributed by atoms with Gasteiger partial charge in [0, 0.05) is 48.4 Å². The zero-order chi connectivity index (χ0) is 21.9. The summed E-state index contributed by atoms with van der Waals surface area (Å²) >= 11 is 0. The van der Waals surface area contributed by atoms with Crippen LogP contribution in [0.15, 0.2) is 36.4 Å². The summed E-state index contributed by atoms with van der Waals surface area (Å²) in [5.41, 5.74) is 3.54. The number of nitrogens with zero attached hydrogens (tertiary/aromatic N) is 1. The smallest absolute Gasteiger partial charge is 0.127 e. The first-order valence-electron chi connectivity index (χ1n) is 10.6. The Hall–Kier alpha value is -0.418. The first-order chi connectivity index (χ1) is 13.5. The summed E-state index contributed by atoms with van der Waals surface area (Å²) in [6.45, 7) is 17.7. The Morgan fingerprint density at radius 2 is 0.903 bits per heavy atom. The maximum absolute atomic E-state index is 14.2. The number of hydrogen-bond acceptors (Lipinski definition) is 0. The fourth-order valence-corrected chi connectivity index (χ4v) is 11.0. The van der Waals surface area contributed by atoms with Crippen molar-refractivity contribution in [1.29, 1.82) is 0 Å². The van der Waals surface area contributed by atoms with Crippen molar-refractivity contribution >= 4 is 37.8 Å². The molecule has 0 aliphatic carbocycles. The van der Waals surface area contributed by atoms with E-state index in [4.69, 9.17) is 5.32 Å². The van der Waals surface area contributed by atoms with E-state index in [0.29, 0.717) is 22.6 Å². The summed E-state index contributed by atoms with van der Waals surface area (Å²) in [7, 11) is -2.00. The third-order valence-electron chi connectivity index (χ3n) is 5.27. The molecule has 0 bridgehead atoms. The average Bonchev–Trinajstić information content (AvgIpc) is 2.58. The first kappa shape index (κ1) is 30.6. The molecule has 0 spiro atoms.